The van der Waals surface area contributed by atoms with Crippen LogP contribution >= 0.6 is 23.2 Å². The van der Waals surface area contributed by atoms with Crippen LogP contribution in [0.5, 0.6) is 0 Å². The number of ether oxygens (including phenoxy) is 1. The van der Waals surface area contributed by atoms with E-state index in [0.717, 1.165) is 40.0 Å². The molecule has 2 aromatic carbocycles. The molecule has 170 valence electrons. The summed E-state index contributed by atoms with van der Waals surface area (Å²) < 4.78 is 5.53. The van der Waals surface area contributed by atoms with Gasteiger partial charge in [-0.2, -0.15) is 0 Å². The van der Waals surface area contributed by atoms with E-state index in [4.69, 9.17) is 27.9 Å². The lowest BCUT2D eigenvalue weighted by Crippen LogP contribution is -2.57. The van der Waals surface area contributed by atoms with Crippen LogP contribution in [-0.2, 0) is 28.9 Å². The lowest BCUT2D eigenvalue weighted by atomic mass is 9.54. The summed E-state index contributed by atoms with van der Waals surface area (Å²) in [7, 11) is 0. The Morgan fingerprint density at radius 2 is 1.42 bits per heavy atom. The standard InChI is InChI=1S/C25H22Cl2N2O4/c26-24-15-7-1-2-8-16(15)25(27,18-10-4-3-9-17(18)24)21-20(24)22(31)29(23(21)32)13-19(30)28-12-14-6-5-11-33-14/h1-4,7-10,14,20-21H,5-6,11-13H2,(H,28,30)/t14-,20-,21-,24?,25?/m0/s1. The predicted molar refractivity (Wildman–Crippen MR) is 122 cm³/mol. The summed E-state index contributed by atoms with van der Waals surface area (Å²) in [5.74, 6) is -3.09. The van der Waals surface area contributed by atoms with Gasteiger partial charge in [-0.05, 0) is 35.1 Å². The van der Waals surface area contributed by atoms with Crippen molar-refractivity contribution in [3.8, 4) is 0 Å². The molecule has 2 fully saturated rings. The van der Waals surface area contributed by atoms with Gasteiger partial charge in [0.15, 0.2) is 0 Å². The number of hydrogen-bond donors (Lipinski definition) is 1. The number of carbonyl (C=O) groups is 3. The van der Waals surface area contributed by atoms with Gasteiger partial charge in [-0.3, -0.25) is 19.3 Å². The molecule has 0 unspecified atom stereocenters. The fraction of sp³-hybridized carbons (Fsp3) is 0.400. The van der Waals surface area contributed by atoms with E-state index in [1.807, 2.05) is 48.5 Å². The highest BCUT2D eigenvalue weighted by molar-refractivity contribution is 6.36. The number of likely N-dealkylation sites (tertiary alicyclic amines) is 1. The van der Waals surface area contributed by atoms with E-state index in [0.29, 0.717) is 13.2 Å². The van der Waals surface area contributed by atoms with Gasteiger partial charge in [0.1, 0.15) is 16.3 Å². The van der Waals surface area contributed by atoms with Crippen molar-refractivity contribution in [2.45, 2.75) is 28.7 Å². The largest absolute Gasteiger partial charge is 0.376 e. The summed E-state index contributed by atoms with van der Waals surface area (Å²) in [5, 5.41) is 2.79. The summed E-state index contributed by atoms with van der Waals surface area (Å²) in [6, 6.07) is 14.9. The van der Waals surface area contributed by atoms with Crippen LogP contribution in [-0.4, -0.2) is 48.4 Å². The van der Waals surface area contributed by atoms with Crippen molar-refractivity contribution >= 4 is 40.9 Å². The van der Waals surface area contributed by atoms with E-state index in [-0.39, 0.29) is 12.6 Å². The molecule has 0 aromatic heterocycles. The third-order valence-corrected chi connectivity index (χ3v) is 8.81. The van der Waals surface area contributed by atoms with Crippen molar-refractivity contribution in [3.05, 3.63) is 70.8 Å². The van der Waals surface area contributed by atoms with E-state index in [1.54, 1.807) is 0 Å². The fourth-order valence-electron chi connectivity index (χ4n) is 6.11. The highest BCUT2D eigenvalue weighted by Gasteiger charge is 2.73. The van der Waals surface area contributed by atoms with Crippen molar-refractivity contribution in [2.24, 2.45) is 11.8 Å². The van der Waals surface area contributed by atoms with Crippen LogP contribution in [0.2, 0.25) is 0 Å². The van der Waals surface area contributed by atoms with Gasteiger partial charge < -0.3 is 10.1 Å². The van der Waals surface area contributed by atoms with Gasteiger partial charge in [-0.15, -0.1) is 23.2 Å². The average molecular weight is 485 g/mol. The quantitative estimate of drug-likeness (QED) is 0.534. The number of nitrogens with zero attached hydrogens (tertiary/aromatic N) is 1. The maximum atomic E-state index is 13.7. The van der Waals surface area contributed by atoms with Gasteiger partial charge in [0.25, 0.3) is 0 Å². The van der Waals surface area contributed by atoms with Crippen molar-refractivity contribution in [3.63, 3.8) is 0 Å². The van der Waals surface area contributed by atoms with Crippen molar-refractivity contribution < 1.29 is 19.1 Å². The average Bonchev–Trinajstić information content (AvgIpc) is 3.44. The number of benzene rings is 2. The van der Waals surface area contributed by atoms with Crippen molar-refractivity contribution in [1.82, 2.24) is 10.2 Å². The molecule has 5 aliphatic rings. The first kappa shape index (κ1) is 21.1. The number of hydrogen-bond acceptors (Lipinski definition) is 4. The second-order valence-corrected chi connectivity index (χ2v) is 10.4. The molecule has 3 atom stereocenters. The van der Waals surface area contributed by atoms with Gasteiger partial charge >= 0.3 is 0 Å². The number of carbonyl (C=O) groups excluding carboxylic acids is 3. The zero-order chi connectivity index (χ0) is 23.0. The van der Waals surface area contributed by atoms with Gasteiger partial charge in [0, 0.05) is 13.2 Å². The molecule has 7 rings (SSSR count). The first-order valence-electron chi connectivity index (χ1n) is 11.2. The first-order chi connectivity index (χ1) is 15.9. The number of amides is 3. The van der Waals surface area contributed by atoms with Crippen LogP contribution < -0.4 is 5.32 Å². The van der Waals surface area contributed by atoms with Crippen molar-refractivity contribution in [1.29, 1.82) is 0 Å². The van der Waals surface area contributed by atoms with Gasteiger partial charge in [0.2, 0.25) is 17.7 Å². The van der Waals surface area contributed by atoms with E-state index in [2.05, 4.69) is 5.32 Å². The van der Waals surface area contributed by atoms with Crippen LogP contribution in [0.1, 0.15) is 35.1 Å². The SMILES string of the molecule is O=C(CN1C(=O)[C@@H]2[C@@H](C1=O)C1(Cl)c3ccccc3C2(Cl)c2ccccc21)NC[C@@H]1CCCO1. The number of imide groups is 1. The van der Waals surface area contributed by atoms with Crippen molar-refractivity contribution in [2.75, 3.05) is 19.7 Å². The molecular formula is C25H22Cl2N2O4. The molecule has 2 heterocycles. The molecule has 3 aliphatic carbocycles. The molecule has 6 nitrogen and oxygen atoms in total. The lowest BCUT2D eigenvalue weighted by Gasteiger charge is -2.54. The maximum Gasteiger partial charge on any atom is 0.240 e. The summed E-state index contributed by atoms with van der Waals surface area (Å²) in [6.07, 6.45) is 1.81. The zero-order valence-electron chi connectivity index (χ0n) is 17.7. The summed E-state index contributed by atoms with van der Waals surface area (Å²) in [5.41, 5.74) is 2.97. The molecule has 0 saturated carbocycles. The first-order valence-corrected chi connectivity index (χ1v) is 12.0. The topological polar surface area (TPSA) is 75.7 Å². The lowest BCUT2D eigenvalue weighted by molar-refractivity contribution is -0.143. The Morgan fingerprint density at radius 3 is 1.85 bits per heavy atom. The highest BCUT2D eigenvalue weighted by atomic mass is 35.5. The van der Waals surface area contributed by atoms with Gasteiger partial charge in [0.05, 0.1) is 17.9 Å². The molecule has 3 amide bonds. The van der Waals surface area contributed by atoms with Crippen LogP contribution in [0.3, 0.4) is 0 Å². The van der Waals surface area contributed by atoms with Gasteiger partial charge in [-0.1, -0.05) is 48.5 Å². The Bertz CT molecular complexity index is 1070. The second kappa shape index (κ2) is 7.29. The minimum Gasteiger partial charge on any atom is -0.376 e. The molecule has 0 radical (unpaired) electrons. The number of rotatable bonds is 4. The monoisotopic (exact) mass is 484 g/mol. The van der Waals surface area contributed by atoms with E-state index in [9.17, 15) is 14.4 Å². The molecule has 2 bridgehead atoms. The van der Waals surface area contributed by atoms with E-state index < -0.39 is 39.3 Å². The molecule has 33 heavy (non-hydrogen) atoms. The highest BCUT2D eigenvalue weighted by Crippen LogP contribution is 2.69. The molecule has 2 aromatic rings. The molecule has 8 heteroatoms. The van der Waals surface area contributed by atoms with E-state index >= 15 is 0 Å². The number of nitrogens with one attached hydrogen (secondary N) is 1. The third-order valence-electron chi connectivity index (χ3n) is 7.53. The minimum atomic E-state index is -1.23. The smallest absolute Gasteiger partial charge is 0.240 e. The van der Waals surface area contributed by atoms with Crippen LogP contribution in [0.4, 0.5) is 0 Å². The van der Waals surface area contributed by atoms with Crippen LogP contribution in [0.25, 0.3) is 0 Å². The Kier molecular flexibility index (Phi) is 4.67. The maximum absolute atomic E-state index is 13.7. The Morgan fingerprint density at radius 1 is 0.939 bits per heavy atom. The summed E-state index contributed by atoms with van der Waals surface area (Å²) in [6.45, 7) is 0.686. The minimum absolute atomic E-state index is 0.0291. The molecule has 2 aliphatic heterocycles. The summed E-state index contributed by atoms with van der Waals surface area (Å²) >= 11 is 14.7. The van der Waals surface area contributed by atoms with Crippen LogP contribution in [0, 0.1) is 11.8 Å². The second-order valence-electron chi connectivity index (χ2n) is 9.17. The normalized spacial score (nSPS) is 33.6. The molecular weight excluding hydrogens is 463 g/mol. The van der Waals surface area contributed by atoms with Crippen LogP contribution in [0.15, 0.2) is 48.5 Å². The third kappa shape index (κ3) is 2.69. The molecule has 0 spiro atoms. The predicted octanol–water partition coefficient (Wildman–Crippen LogP) is 2.87. The van der Waals surface area contributed by atoms with E-state index in [1.165, 1.54) is 0 Å². The fourth-order valence-corrected chi connectivity index (χ4v) is 7.21. The van der Waals surface area contributed by atoms with Gasteiger partial charge in [-0.25, -0.2) is 0 Å². The number of halogens is 2. The Labute approximate surface area is 201 Å². The Hall–Kier alpha value is -2.41. The molecule has 2 saturated heterocycles. The Balaban J connectivity index is 1.38. The molecule has 1 N–H and O–H groups in total. The zero-order valence-corrected chi connectivity index (χ0v) is 19.2. The number of alkyl halides is 2. The summed E-state index contributed by atoms with van der Waals surface area (Å²) in [4.78, 5) is 38.5.